The molecule has 1 N–H and O–H groups in total. The lowest BCUT2D eigenvalue weighted by atomic mass is 10.2. The molecule has 2 aromatic rings. The quantitative estimate of drug-likeness (QED) is 0.522. The predicted octanol–water partition coefficient (Wildman–Crippen LogP) is 3.02. The maximum atomic E-state index is 11.7. The van der Waals surface area contributed by atoms with E-state index in [1.807, 2.05) is 6.07 Å². The number of allylic oxidation sites excluding steroid dienone is 1. The van der Waals surface area contributed by atoms with Crippen LogP contribution in [0.3, 0.4) is 0 Å². The minimum Gasteiger partial charge on any atom is -0.267 e. The fraction of sp³-hybridized carbons (Fsp3) is 0. The summed E-state index contributed by atoms with van der Waals surface area (Å²) in [5.74, 6) is -0.305. The van der Waals surface area contributed by atoms with Crippen molar-refractivity contribution in [3.05, 3.63) is 81.9 Å². The Hall–Kier alpha value is -3.28. The minimum absolute atomic E-state index is 0.0245. The Labute approximate surface area is 126 Å². The molecule has 0 aromatic heterocycles. The van der Waals surface area contributed by atoms with Gasteiger partial charge in [-0.05, 0) is 23.8 Å². The summed E-state index contributed by atoms with van der Waals surface area (Å²) in [6.07, 6.45) is 4.65. The first-order valence-electron chi connectivity index (χ1n) is 6.46. The zero-order chi connectivity index (χ0) is 15.8. The Morgan fingerprint density at radius 2 is 1.91 bits per heavy atom. The summed E-state index contributed by atoms with van der Waals surface area (Å²) in [6, 6.07) is 14.9. The van der Waals surface area contributed by atoms with Gasteiger partial charge < -0.3 is 0 Å². The summed E-state index contributed by atoms with van der Waals surface area (Å²) >= 11 is 0. The number of amides is 1. The van der Waals surface area contributed by atoms with Gasteiger partial charge in [0.15, 0.2) is 0 Å². The monoisotopic (exact) mass is 295 g/mol. The van der Waals surface area contributed by atoms with Crippen LogP contribution in [0.1, 0.15) is 15.9 Å². The summed E-state index contributed by atoms with van der Waals surface area (Å²) < 4.78 is 0. The molecule has 0 spiro atoms. The molecule has 0 atom stereocenters. The third-order valence-electron chi connectivity index (χ3n) is 2.73. The molecule has 0 aliphatic heterocycles. The molecule has 0 aliphatic rings. The summed E-state index contributed by atoms with van der Waals surface area (Å²) in [4.78, 5) is 21.9. The van der Waals surface area contributed by atoms with Crippen molar-refractivity contribution in [2.75, 3.05) is 0 Å². The summed E-state index contributed by atoms with van der Waals surface area (Å²) in [7, 11) is 0. The maximum absolute atomic E-state index is 11.7. The number of nitro benzene ring substituents is 1. The molecule has 110 valence electrons. The van der Waals surface area contributed by atoms with Crippen molar-refractivity contribution in [2.45, 2.75) is 0 Å². The number of carbonyl (C=O) groups excluding carboxylic acids is 1. The van der Waals surface area contributed by atoms with Crippen LogP contribution in [0, 0.1) is 10.1 Å². The van der Waals surface area contributed by atoms with Crippen molar-refractivity contribution in [2.24, 2.45) is 5.10 Å². The Bertz CT molecular complexity index is 724. The fourth-order valence-corrected chi connectivity index (χ4v) is 1.69. The van der Waals surface area contributed by atoms with Gasteiger partial charge in [-0.2, -0.15) is 5.10 Å². The van der Waals surface area contributed by atoms with Crippen LogP contribution in [0.5, 0.6) is 0 Å². The number of rotatable bonds is 5. The van der Waals surface area contributed by atoms with E-state index in [1.165, 1.54) is 18.3 Å². The third-order valence-corrected chi connectivity index (χ3v) is 2.73. The second kappa shape index (κ2) is 7.49. The molecule has 0 unspecified atom stereocenters. The smallest absolute Gasteiger partial charge is 0.267 e. The number of hydrogen-bond donors (Lipinski definition) is 1. The van der Waals surface area contributed by atoms with Crippen LogP contribution in [0.15, 0.2) is 65.8 Å². The average molecular weight is 295 g/mol. The number of hydrazone groups is 1. The highest BCUT2D eigenvalue weighted by atomic mass is 16.6. The number of carbonyl (C=O) groups is 1. The van der Waals surface area contributed by atoms with Gasteiger partial charge in [-0.15, -0.1) is 0 Å². The van der Waals surface area contributed by atoms with Crippen molar-refractivity contribution < 1.29 is 9.72 Å². The van der Waals surface area contributed by atoms with E-state index in [0.717, 1.165) is 0 Å². The van der Waals surface area contributed by atoms with E-state index in [0.29, 0.717) is 11.1 Å². The van der Waals surface area contributed by atoms with Gasteiger partial charge in [0.05, 0.1) is 4.92 Å². The van der Waals surface area contributed by atoms with Gasteiger partial charge >= 0.3 is 0 Å². The van der Waals surface area contributed by atoms with Crippen LogP contribution in [0.4, 0.5) is 5.69 Å². The highest BCUT2D eigenvalue weighted by molar-refractivity contribution is 5.94. The minimum atomic E-state index is -0.453. The molecule has 2 aromatic carbocycles. The first kappa shape index (κ1) is 15.1. The molecule has 0 saturated carbocycles. The van der Waals surface area contributed by atoms with Crippen LogP contribution in [0.2, 0.25) is 0 Å². The molecule has 6 heteroatoms. The Morgan fingerprint density at radius 1 is 1.14 bits per heavy atom. The van der Waals surface area contributed by atoms with Crippen LogP contribution in [-0.4, -0.2) is 17.0 Å². The van der Waals surface area contributed by atoms with E-state index in [1.54, 1.807) is 48.6 Å². The van der Waals surface area contributed by atoms with Crippen LogP contribution in [0.25, 0.3) is 6.08 Å². The molecule has 0 aliphatic carbocycles. The molecule has 0 fully saturated rings. The largest absolute Gasteiger partial charge is 0.271 e. The third kappa shape index (κ3) is 4.38. The highest BCUT2D eigenvalue weighted by Crippen LogP contribution is 2.13. The zero-order valence-electron chi connectivity index (χ0n) is 11.5. The summed E-state index contributed by atoms with van der Waals surface area (Å²) in [5, 5.41) is 14.4. The second-order valence-electron chi connectivity index (χ2n) is 4.30. The lowest BCUT2D eigenvalue weighted by molar-refractivity contribution is -0.384. The maximum Gasteiger partial charge on any atom is 0.271 e. The van der Waals surface area contributed by atoms with E-state index in [-0.39, 0.29) is 11.6 Å². The summed E-state index contributed by atoms with van der Waals surface area (Å²) in [5.41, 5.74) is 3.60. The molecule has 2 rings (SSSR count). The first-order valence-corrected chi connectivity index (χ1v) is 6.46. The molecule has 0 heterocycles. The Kier molecular flexibility index (Phi) is 5.15. The number of nitro groups is 1. The van der Waals surface area contributed by atoms with Gasteiger partial charge in [0, 0.05) is 23.9 Å². The van der Waals surface area contributed by atoms with E-state index >= 15 is 0 Å². The lowest BCUT2D eigenvalue weighted by Gasteiger charge is -1.97. The fourth-order valence-electron chi connectivity index (χ4n) is 1.69. The molecular formula is C16H13N3O3. The van der Waals surface area contributed by atoms with Crippen LogP contribution >= 0.6 is 0 Å². The Morgan fingerprint density at radius 3 is 2.64 bits per heavy atom. The molecule has 22 heavy (non-hydrogen) atoms. The molecular weight excluding hydrogens is 282 g/mol. The first-order chi connectivity index (χ1) is 10.7. The molecule has 1 amide bonds. The van der Waals surface area contributed by atoms with Crippen LogP contribution in [-0.2, 0) is 0 Å². The highest BCUT2D eigenvalue weighted by Gasteiger charge is 2.03. The van der Waals surface area contributed by atoms with E-state index < -0.39 is 4.92 Å². The van der Waals surface area contributed by atoms with Crippen LogP contribution < -0.4 is 5.43 Å². The van der Waals surface area contributed by atoms with Gasteiger partial charge in [-0.3, -0.25) is 14.9 Å². The van der Waals surface area contributed by atoms with Gasteiger partial charge in [-0.1, -0.05) is 36.4 Å². The van der Waals surface area contributed by atoms with Gasteiger partial charge in [-0.25, -0.2) is 5.43 Å². The average Bonchev–Trinajstić information content (AvgIpc) is 2.55. The SMILES string of the molecule is O=C(N/N=C/C=C/c1cccc([N+](=O)[O-])c1)c1ccccc1. The standard InChI is InChI=1S/C16H13N3O3/c20-16(14-8-2-1-3-9-14)18-17-11-5-7-13-6-4-10-15(12-13)19(21)22/h1-12H,(H,18,20)/b7-5+,17-11+. The van der Waals surface area contributed by atoms with Gasteiger partial charge in [0.2, 0.25) is 0 Å². The number of benzene rings is 2. The summed E-state index contributed by atoms with van der Waals surface area (Å²) in [6.45, 7) is 0. The zero-order valence-corrected chi connectivity index (χ0v) is 11.5. The predicted molar refractivity (Wildman–Crippen MR) is 84.5 cm³/mol. The number of non-ortho nitro benzene ring substituents is 1. The molecule has 0 saturated heterocycles. The topological polar surface area (TPSA) is 84.6 Å². The van der Waals surface area contributed by atoms with Crippen molar-refractivity contribution in [3.8, 4) is 0 Å². The van der Waals surface area contributed by atoms with Crippen molar-refractivity contribution in [3.63, 3.8) is 0 Å². The lowest BCUT2D eigenvalue weighted by Crippen LogP contribution is -2.16. The van der Waals surface area contributed by atoms with Crippen molar-refractivity contribution in [1.82, 2.24) is 5.43 Å². The number of hydrogen-bond acceptors (Lipinski definition) is 4. The van der Waals surface area contributed by atoms with Crippen molar-refractivity contribution >= 4 is 23.9 Å². The normalized spacial score (nSPS) is 10.9. The molecule has 0 bridgehead atoms. The van der Waals surface area contributed by atoms with Gasteiger partial charge in [0.25, 0.3) is 11.6 Å². The van der Waals surface area contributed by atoms with E-state index in [2.05, 4.69) is 10.5 Å². The van der Waals surface area contributed by atoms with E-state index in [9.17, 15) is 14.9 Å². The van der Waals surface area contributed by atoms with E-state index in [4.69, 9.17) is 0 Å². The number of nitrogens with one attached hydrogen (secondary N) is 1. The van der Waals surface area contributed by atoms with Gasteiger partial charge in [0.1, 0.15) is 0 Å². The number of nitrogens with zero attached hydrogens (tertiary/aromatic N) is 2. The van der Waals surface area contributed by atoms with Crippen molar-refractivity contribution in [1.29, 1.82) is 0 Å². The second-order valence-corrected chi connectivity index (χ2v) is 4.30. The molecule has 0 radical (unpaired) electrons. The Balaban J connectivity index is 1.91. The molecule has 6 nitrogen and oxygen atoms in total.